The summed E-state index contributed by atoms with van der Waals surface area (Å²) in [5.74, 6) is 0.0812. The van der Waals surface area contributed by atoms with Crippen molar-refractivity contribution in [3.05, 3.63) is 10.6 Å². The van der Waals surface area contributed by atoms with Crippen LogP contribution in [0.1, 0.15) is 36.1 Å². The maximum Gasteiger partial charge on any atom is 0.267 e. The first-order chi connectivity index (χ1) is 8.13. The number of amides is 1. The van der Waals surface area contributed by atoms with E-state index in [9.17, 15) is 4.79 Å². The van der Waals surface area contributed by atoms with Crippen molar-refractivity contribution in [2.75, 3.05) is 13.1 Å². The number of hydrogen-bond donors (Lipinski definition) is 1. The molecule has 0 radical (unpaired) electrons. The molecule has 102 valence electrons. The summed E-state index contributed by atoms with van der Waals surface area (Å²) in [6.45, 7) is 7.76. The molecule has 2 atom stereocenters. The Morgan fingerprint density at radius 1 is 1.56 bits per heavy atom. The van der Waals surface area contributed by atoms with Crippen molar-refractivity contribution in [2.24, 2.45) is 0 Å². The van der Waals surface area contributed by atoms with Gasteiger partial charge in [0.05, 0.1) is 5.69 Å². The van der Waals surface area contributed by atoms with Gasteiger partial charge in [0.15, 0.2) is 0 Å². The molecular weight excluding hydrogens is 272 g/mol. The van der Waals surface area contributed by atoms with Crippen LogP contribution in [0.15, 0.2) is 0 Å². The number of piperazine rings is 1. The summed E-state index contributed by atoms with van der Waals surface area (Å²) in [6.07, 6.45) is 0.758. The third kappa shape index (κ3) is 2.99. The van der Waals surface area contributed by atoms with E-state index in [2.05, 4.69) is 28.8 Å². The highest BCUT2D eigenvalue weighted by Crippen LogP contribution is 2.17. The van der Waals surface area contributed by atoms with Crippen LogP contribution >= 0.6 is 23.9 Å². The van der Waals surface area contributed by atoms with E-state index in [0.29, 0.717) is 10.9 Å². The second-order valence-corrected chi connectivity index (χ2v) is 5.27. The van der Waals surface area contributed by atoms with Crippen molar-refractivity contribution in [2.45, 2.75) is 39.3 Å². The van der Waals surface area contributed by atoms with E-state index in [1.165, 1.54) is 11.5 Å². The molecule has 0 saturated carbocycles. The number of carbonyl (C=O) groups is 1. The second-order valence-electron chi connectivity index (χ2n) is 4.52. The summed E-state index contributed by atoms with van der Waals surface area (Å²) in [5.41, 5.74) is 0.818. The number of nitrogens with zero attached hydrogens (tertiary/aromatic N) is 3. The minimum atomic E-state index is 0. The molecule has 1 aliphatic heterocycles. The zero-order valence-corrected chi connectivity index (χ0v) is 12.5. The molecule has 0 aliphatic carbocycles. The molecule has 2 unspecified atom stereocenters. The minimum Gasteiger partial charge on any atom is -0.332 e. The first-order valence-electron chi connectivity index (χ1n) is 5.99. The maximum atomic E-state index is 12.4. The average molecular weight is 291 g/mol. The van der Waals surface area contributed by atoms with E-state index in [0.717, 1.165) is 25.2 Å². The molecule has 1 aromatic rings. The molecule has 0 aromatic carbocycles. The highest BCUT2D eigenvalue weighted by molar-refractivity contribution is 7.08. The molecule has 1 saturated heterocycles. The Hall–Kier alpha value is -0.720. The van der Waals surface area contributed by atoms with Crippen molar-refractivity contribution in [3.8, 4) is 0 Å². The van der Waals surface area contributed by atoms with Crippen LogP contribution < -0.4 is 5.32 Å². The van der Waals surface area contributed by atoms with Crippen molar-refractivity contribution < 1.29 is 4.79 Å². The molecule has 0 bridgehead atoms. The summed E-state index contributed by atoms with van der Waals surface area (Å²) in [7, 11) is 0. The van der Waals surface area contributed by atoms with Gasteiger partial charge < -0.3 is 10.2 Å². The molecule has 1 aromatic heterocycles. The van der Waals surface area contributed by atoms with E-state index in [4.69, 9.17) is 0 Å². The van der Waals surface area contributed by atoms with Gasteiger partial charge in [-0.05, 0) is 31.8 Å². The van der Waals surface area contributed by atoms with E-state index in [1.54, 1.807) is 0 Å². The van der Waals surface area contributed by atoms with Crippen molar-refractivity contribution >= 4 is 29.8 Å². The molecular formula is C11H19ClN4OS. The number of nitrogens with one attached hydrogen (secondary N) is 1. The van der Waals surface area contributed by atoms with Gasteiger partial charge in [-0.3, -0.25) is 4.79 Å². The van der Waals surface area contributed by atoms with E-state index in [1.807, 2.05) is 11.8 Å². The molecule has 0 spiro atoms. The summed E-state index contributed by atoms with van der Waals surface area (Å²) in [5, 5.41) is 7.37. The van der Waals surface area contributed by atoms with Gasteiger partial charge in [0.2, 0.25) is 0 Å². The first-order valence-corrected chi connectivity index (χ1v) is 6.76. The lowest BCUT2D eigenvalue weighted by Gasteiger charge is -2.37. The van der Waals surface area contributed by atoms with E-state index >= 15 is 0 Å². The van der Waals surface area contributed by atoms with Crippen LogP contribution in [0, 0.1) is 0 Å². The minimum absolute atomic E-state index is 0. The molecule has 2 rings (SSSR count). The molecule has 2 heterocycles. The fraction of sp³-hybridized carbons (Fsp3) is 0.727. The monoisotopic (exact) mass is 290 g/mol. The van der Waals surface area contributed by atoms with Gasteiger partial charge in [0.1, 0.15) is 4.88 Å². The number of hydrogen-bond acceptors (Lipinski definition) is 5. The van der Waals surface area contributed by atoms with E-state index < -0.39 is 0 Å². The lowest BCUT2D eigenvalue weighted by Crippen LogP contribution is -2.56. The average Bonchev–Trinajstić information content (AvgIpc) is 2.79. The zero-order chi connectivity index (χ0) is 12.4. The van der Waals surface area contributed by atoms with Crippen LogP contribution in [-0.2, 0) is 6.42 Å². The Morgan fingerprint density at radius 3 is 2.94 bits per heavy atom. The van der Waals surface area contributed by atoms with Crippen molar-refractivity contribution in [1.82, 2.24) is 19.8 Å². The van der Waals surface area contributed by atoms with Crippen LogP contribution in [0.5, 0.6) is 0 Å². The Kier molecular flexibility index (Phi) is 5.49. The largest absolute Gasteiger partial charge is 0.332 e. The van der Waals surface area contributed by atoms with Gasteiger partial charge in [-0.2, -0.15) is 0 Å². The Morgan fingerprint density at radius 2 is 2.28 bits per heavy atom. The number of carbonyl (C=O) groups excluding carboxylic acids is 1. The van der Waals surface area contributed by atoms with E-state index in [-0.39, 0.29) is 24.4 Å². The van der Waals surface area contributed by atoms with Crippen LogP contribution in [-0.4, -0.2) is 45.6 Å². The van der Waals surface area contributed by atoms with Crippen LogP contribution in [0.25, 0.3) is 0 Å². The number of halogens is 1. The Labute approximate surface area is 118 Å². The Balaban J connectivity index is 0.00000162. The maximum absolute atomic E-state index is 12.4. The molecule has 1 N–H and O–H groups in total. The van der Waals surface area contributed by atoms with Crippen molar-refractivity contribution in [1.29, 1.82) is 0 Å². The second kappa shape index (κ2) is 6.45. The van der Waals surface area contributed by atoms with Crippen molar-refractivity contribution in [3.63, 3.8) is 0 Å². The van der Waals surface area contributed by atoms with Gasteiger partial charge in [-0.1, -0.05) is 11.4 Å². The lowest BCUT2D eigenvalue weighted by atomic mass is 10.1. The summed E-state index contributed by atoms with van der Waals surface area (Å²) >= 11 is 1.21. The quantitative estimate of drug-likeness (QED) is 0.893. The lowest BCUT2D eigenvalue weighted by molar-refractivity contribution is 0.0620. The normalized spacial score (nSPS) is 23.6. The molecule has 5 nitrogen and oxygen atoms in total. The van der Waals surface area contributed by atoms with Crippen LogP contribution in [0.3, 0.4) is 0 Å². The van der Waals surface area contributed by atoms with Gasteiger partial charge in [0.25, 0.3) is 5.91 Å². The topological polar surface area (TPSA) is 58.1 Å². The number of aromatic nitrogens is 2. The third-order valence-corrected chi connectivity index (χ3v) is 3.87. The fourth-order valence-corrected chi connectivity index (χ4v) is 2.74. The standard InChI is InChI=1S/C11H18N4OS.ClH/c1-4-9-10(17-14-13-9)11(16)15-6-7(2)12-5-8(15)3;/h7-8,12H,4-6H2,1-3H3;1H. The molecule has 1 fully saturated rings. The fourth-order valence-electron chi connectivity index (χ4n) is 2.04. The smallest absolute Gasteiger partial charge is 0.267 e. The summed E-state index contributed by atoms with van der Waals surface area (Å²) < 4.78 is 3.88. The third-order valence-electron chi connectivity index (χ3n) is 3.11. The number of rotatable bonds is 2. The SMILES string of the molecule is CCc1nnsc1C(=O)N1CC(C)NCC1C.Cl. The van der Waals surface area contributed by atoms with Gasteiger partial charge in [-0.15, -0.1) is 17.5 Å². The molecule has 1 aliphatic rings. The highest BCUT2D eigenvalue weighted by Gasteiger charge is 2.29. The zero-order valence-electron chi connectivity index (χ0n) is 10.8. The summed E-state index contributed by atoms with van der Waals surface area (Å²) in [6, 6.07) is 0.576. The van der Waals surface area contributed by atoms with Crippen LogP contribution in [0.2, 0.25) is 0 Å². The van der Waals surface area contributed by atoms with Crippen LogP contribution in [0.4, 0.5) is 0 Å². The Bertz CT molecular complexity index is 412. The molecule has 7 heteroatoms. The van der Waals surface area contributed by atoms with Gasteiger partial charge in [-0.25, -0.2) is 0 Å². The predicted molar refractivity (Wildman–Crippen MR) is 74.5 cm³/mol. The van der Waals surface area contributed by atoms with Gasteiger partial charge in [0, 0.05) is 25.2 Å². The first kappa shape index (κ1) is 15.3. The summed E-state index contributed by atoms with van der Waals surface area (Å²) in [4.78, 5) is 15.1. The molecule has 1 amide bonds. The predicted octanol–water partition coefficient (Wildman–Crippen LogP) is 1.34. The number of aryl methyl sites for hydroxylation is 1. The molecule has 18 heavy (non-hydrogen) atoms. The van der Waals surface area contributed by atoms with Gasteiger partial charge >= 0.3 is 0 Å². The highest BCUT2D eigenvalue weighted by atomic mass is 35.5.